The van der Waals surface area contributed by atoms with Crippen molar-refractivity contribution in [3.05, 3.63) is 12.4 Å². The van der Waals surface area contributed by atoms with Crippen LogP contribution in [0.4, 0.5) is 10.5 Å². The van der Waals surface area contributed by atoms with E-state index in [9.17, 15) is 9.59 Å². The van der Waals surface area contributed by atoms with E-state index in [0.29, 0.717) is 31.4 Å². The number of carboxylic acid groups (broad SMARTS) is 1. The lowest BCUT2D eigenvalue weighted by molar-refractivity contribution is -0.142. The molecule has 7 heteroatoms. The van der Waals surface area contributed by atoms with Gasteiger partial charge in [0.1, 0.15) is 0 Å². The zero-order valence-electron chi connectivity index (χ0n) is 10.8. The first-order valence-electron chi connectivity index (χ1n) is 6.33. The third-order valence-electron chi connectivity index (χ3n) is 3.37. The van der Waals surface area contributed by atoms with Crippen molar-refractivity contribution < 1.29 is 14.7 Å². The molecule has 1 aliphatic carbocycles. The highest BCUT2D eigenvalue weighted by molar-refractivity contribution is 5.89. The average molecular weight is 266 g/mol. The van der Waals surface area contributed by atoms with Gasteiger partial charge in [-0.25, -0.2) is 4.79 Å². The first kappa shape index (κ1) is 13.4. The molecule has 0 radical (unpaired) electrons. The minimum Gasteiger partial charge on any atom is -0.481 e. The Morgan fingerprint density at radius 3 is 2.58 bits per heavy atom. The fourth-order valence-electron chi connectivity index (χ4n) is 2.32. The maximum atomic E-state index is 11.7. The van der Waals surface area contributed by atoms with Crippen molar-refractivity contribution in [3.8, 4) is 0 Å². The second-order valence-corrected chi connectivity index (χ2v) is 4.89. The van der Waals surface area contributed by atoms with E-state index in [-0.39, 0.29) is 18.0 Å². The molecule has 0 aliphatic heterocycles. The average Bonchev–Trinajstić information content (AvgIpc) is 2.75. The molecule has 0 atom stereocenters. The van der Waals surface area contributed by atoms with E-state index in [4.69, 9.17) is 5.11 Å². The van der Waals surface area contributed by atoms with Crippen LogP contribution in [0.2, 0.25) is 0 Å². The standard InChI is InChI=1S/C12H18N4O3/c1-16-7-10(6-13-16)15-12(19)14-9-4-2-8(3-5-9)11(17)18/h6-9H,2-5H2,1H3,(H,17,18)(H2,14,15,19). The number of rotatable bonds is 3. The van der Waals surface area contributed by atoms with Gasteiger partial charge in [0.05, 0.1) is 17.8 Å². The Morgan fingerprint density at radius 2 is 2.05 bits per heavy atom. The maximum Gasteiger partial charge on any atom is 0.319 e. The molecule has 1 saturated carbocycles. The van der Waals surface area contributed by atoms with Gasteiger partial charge < -0.3 is 15.7 Å². The van der Waals surface area contributed by atoms with Crippen LogP contribution in [0, 0.1) is 5.92 Å². The molecule has 19 heavy (non-hydrogen) atoms. The highest BCUT2D eigenvalue weighted by Gasteiger charge is 2.26. The molecule has 3 N–H and O–H groups in total. The minimum atomic E-state index is -0.738. The molecule has 1 fully saturated rings. The molecule has 104 valence electrons. The SMILES string of the molecule is Cn1cc(NC(=O)NC2CCC(C(=O)O)CC2)cn1. The van der Waals surface area contributed by atoms with Crippen LogP contribution in [0.5, 0.6) is 0 Å². The third kappa shape index (κ3) is 3.70. The van der Waals surface area contributed by atoms with Crippen LogP contribution in [0.1, 0.15) is 25.7 Å². The van der Waals surface area contributed by atoms with Gasteiger partial charge in [0.15, 0.2) is 0 Å². The number of nitrogens with one attached hydrogen (secondary N) is 2. The van der Waals surface area contributed by atoms with Gasteiger partial charge in [0.2, 0.25) is 0 Å². The Bertz CT molecular complexity index is 463. The van der Waals surface area contributed by atoms with Crippen molar-refractivity contribution in [1.29, 1.82) is 0 Å². The van der Waals surface area contributed by atoms with Gasteiger partial charge in [-0.3, -0.25) is 9.48 Å². The Morgan fingerprint density at radius 1 is 1.37 bits per heavy atom. The van der Waals surface area contributed by atoms with E-state index in [1.165, 1.54) is 0 Å². The van der Waals surface area contributed by atoms with Gasteiger partial charge in [0, 0.05) is 19.3 Å². The van der Waals surface area contributed by atoms with Gasteiger partial charge in [-0.15, -0.1) is 0 Å². The van der Waals surface area contributed by atoms with Crippen molar-refractivity contribution >= 4 is 17.7 Å². The fraction of sp³-hybridized carbons (Fsp3) is 0.583. The van der Waals surface area contributed by atoms with Gasteiger partial charge in [-0.1, -0.05) is 0 Å². The first-order valence-corrected chi connectivity index (χ1v) is 6.33. The van der Waals surface area contributed by atoms with Crippen molar-refractivity contribution in [2.24, 2.45) is 13.0 Å². The normalized spacial score (nSPS) is 22.8. The van der Waals surface area contributed by atoms with E-state index >= 15 is 0 Å². The molecule has 2 amide bonds. The lowest BCUT2D eigenvalue weighted by atomic mass is 9.86. The number of aliphatic carboxylic acids is 1. The number of anilines is 1. The number of aryl methyl sites for hydroxylation is 1. The molecule has 0 unspecified atom stereocenters. The number of urea groups is 1. The molecular formula is C12H18N4O3. The Labute approximate surface area is 111 Å². The number of amides is 2. The van der Waals surface area contributed by atoms with Crippen LogP contribution in [-0.4, -0.2) is 32.9 Å². The van der Waals surface area contributed by atoms with Crippen LogP contribution < -0.4 is 10.6 Å². The summed E-state index contributed by atoms with van der Waals surface area (Å²) in [5.74, 6) is -1.00. The van der Waals surface area contributed by atoms with E-state index in [2.05, 4.69) is 15.7 Å². The topological polar surface area (TPSA) is 96.2 Å². The molecule has 1 aliphatic rings. The maximum absolute atomic E-state index is 11.7. The molecule has 0 aromatic carbocycles. The lowest BCUT2D eigenvalue weighted by Gasteiger charge is -2.26. The summed E-state index contributed by atoms with van der Waals surface area (Å²) < 4.78 is 1.60. The third-order valence-corrected chi connectivity index (χ3v) is 3.37. The lowest BCUT2D eigenvalue weighted by Crippen LogP contribution is -2.40. The van der Waals surface area contributed by atoms with Gasteiger partial charge >= 0.3 is 12.0 Å². The second-order valence-electron chi connectivity index (χ2n) is 4.89. The highest BCUT2D eigenvalue weighted by Crippen LogP contribution is 2.24. The Hall–Kier alpha value is -2.05. The largest absolute Gasteiger partial charge is 0.481 e. The van der Waals surface area contributed by atoms with Crippen LogP contribution in [0.3, 0.4) is 0 Å². The quantitative estimate of drug-likeness (QED) is 0.765. The molecule has 1 aromatic rings. The highest BCUT2D eigenvalue weighted by atomic mass is 16.4. The molecular weight excluding hydrogens is 248 g/mol. The first-order chi connectivity index (χ1) is 9.04. The molecule has 0 spiro atoms. The Kier molecular flexibility index (Phi) is 4.03. The van der Waals surface area contributed by atoms with Gasteiger partial charge in [0.25, 0.3) is 0 Å². The van der Waals surface area contributed by atoms with Crippen molar-refractivity contribution in [3.63, 3.8) is 0 Å². The summed E-state index contributed by atoms with van der Waals surface area (Å²) >= 11 is 0. The molecule has 0 bridgehead atoms. The van der Waals surface area contributed by atoms with Crippen LogP contribution in [-0.2, 0) is 11.8 Å². The minimum absolute atomic E-state index is 0.0484. The van der Waals surface area contributed by atoms with Crippen molar-refractivity contribution in [2.45, 2.75) is 31.7 Å². The summed E-state index contributed by atoms with van der Waals surface area (Å²) in [6.07, 6.45) is 5.93. The zero-order valence-corrected chi connectivity index (χ0v) is 10.8. The van der Waals surface area contributed by atoms with Crippen LogP contribution >= 0.6 is 0 Å². The number of aromatic nitrogens is 2. The van der Waals surface area contributed by atoms with Crippen LogP contribution in [0.25, 0.3) is 0 Å². The summed E-state index contributed by atoms with van der Waals surface area (Å²) in [4.78, 5) is 22.5. The van der Waals surface area contributed by atoms with Crippen molar-refractivity contribution in [2.75, 3.05) is 5.32 Å². The fourth-order valence-corrected chi connectivity index (χ4v) is 2.32. The van der Waals surface area contributed by atoms with Gasteiger partial charge in [-0.05, 0) is 25.7 Å². The molecule has 0 saturated heterocycles. The zero-order chi connectivity index (χ0) is 13.8. The number of carboxylic acids is 1. The predicted molar refractivity (Wildman–Crippen MR) is 68.7 cm³/mol. The Balaban J connectivity index is 1.76. The van der Waals surface area contributed by atoms with E-state index < -0.39 is 5.97 Å². The van der Waals surface area contributed by atoms with Gasteiger partial charge in [-0.2, -0.15) is 5.10 Å². The summed E-state index contributed by atoms with van der Waals surface area (Å²) in [5.41, 5.74) is 0.638. The van der Waals surface area contributed by atoms with E-state index in [1.807, 2.05) is 0 Å². The molecule has 7 nitrogen and oxygen atoms in total. The van der Waals surface area contributed by atoms with Crippen molar-refractivity contribution in [1.82, 2.24) is 15.1 Å². The second kappa shape index (κ2) is 5.73. The predicted octanol–water partition coefficient (Wildman–Crippen LogP) is 1.18. The number of hydrogen-bond donors (Lipinski definition) is 3. The molecule has 1 aromatic heterocycles. The molecule has 2 rings (SSSR count). The van der Waals surface area contributed by atoms with Crippen LogP contribution in [0.15, 0.2) is 12.4 Å². The number of carbonyl (C=O) groups is 2. The number of hydrogen-bond acceptors (Lipinski definition) is 3. The molecule has 1 heterocycles. The number of nitrogens with zero attached hydrogens (tertiary/aromatic N) is 2. The summed E-state index contributed by atoms with van der Waals surface area (Å²) in [6.45, 7) is 0. The monoisotopic (exact) mass is 266 g/mol. The number of carbonyl (C=O) groups excluding carboxylic acids is 1. The smallest absolute Gasteiger partial charge is 0.319 e. The summed E-state index contributed by atoms with van der Waals surface area (Å²) in [5, 5.41) is 18.4. The van der Waals surface area contributed by atoms with E-state index in [0.717, 1.165) is 0 Å². The summed E-state index contributed by atoms with van der Waals surface area (Å²) in [7, 11) is 1.77. The van der Waals surface area contributed by atoms with E-state index in [1.54, 1.807) is 24.1 Å². The summed E-state index contributed by atoms with van der Waals surface area (Å²) in [6, 6.07) is -0.223.